The molecule has 1 heterocycles. The Bertz CT molecular complexity index is 1170. The Kier molecular flexibility index (Phi) is 9.56. The molecule has 2 unspecified atom stereocenters. The lowest BCUT2D eigenvalue weighted by atomic mass is 10.0. The highest BCUT2D eigenvalue weighted by Gasteiger charge is 2.47. The van der Waals surface area contributed by atoms with Crippen molar-refractivity contribution in [2.75, 3.05) is 32.8 Å². The Morgan fingerprint density at radius 1 is 1.23 bits per heavy atom. The molecule has 0 radical (unpaired) electrons. The standard InChI is InChI=1S/C25H38N6O7S/c1-25(2,3)31(39(36,37)19-7-5-4-6-8-19)20(23(35)30(16-22(33)34)17-9-10-17)13-21(32)28-14-18-15-29(24(26)27)11-12-38-18/h4-8,17-18,20H,9-16H2,1-3H3,(H3,26,27)(H,28,32)(H,33,34). The summed E-state index contributed by atoms with van der Waals surface area (Å²) in [6.07, 6.45) is 0.228. The van der Waals surface area contributed by atoms with Crippen molar-refractivity contribution in [3.05, 3.63) is 30.3 Å². The van der Waals surface area contributed by atoms with Gasteiger partial charge in [-0.1, -0.05) is 18.2 Å². The second kappa shape index (κ2) is 12.3. The summed E-state index contributed by atoms with van der Waals surface area (Å²) in [6, 6.07) is 5.79. The SMILES string of the molecule is CC(C)(C)N(C(CC(=O)NCC1CN(C(=N)N)CCO1)C(=O)N(CC(=O)O)C1CC1)S(=O)(=O)c1ccccc1. The molecule has 5 N–H and O–H groups in total. The molecule has 2 aliphatic rings. The number of nitrogens with two attached hydrogens (primary N) is 1. The van der Waals surface area contributed by atoms with Gasteiger partial charge >= 0.3 is 5.97 Å². The van der Waals surface area contributed by atoms with E-state index in [2.05, 4.69) is 5.32 Å². The number of ether oxygens (including phenoxy) is 1. The van der Waals surface area contributed by atoms with Gasteiger partial charge in [-0.2, -0.15) is 4.31 Å². The number of hydrogen-bond donors (Lipinski definition) is 4. The van der Waals surface area contributed by atoms with Crippen LogP contribution < -0.4 is 11.1 Å². The van der Waals surface area contributed by atoms with Gasteiger partial charge in [0.25, 0.3) is 0 Å². The number of carbonyl (C=O) groups is 3. The number of sulfonamides is 1. The van der Waals surface area contributed by atoms with E-state index in [9.17, 15) is 27.9 Å². The number of hydrogen-bond acceptors (Lipinski definition) is 7. The maximum atomic E-state index is 13.9. The van der Waals surface area contributed by atoms with Gasteiger partial charge < -0.3 is 30.7 Å². The molecule has 14 heteroatoms. The molecule has 1 aliphatic carbocycles. The summed E-state index contributed by atoms with van der Waals surface area (Å²) >= 11 is 0. The molecule has 216 valence electrons. The molecule has 1 saturated heterocycles. The Morgan fingerprint density at radius 3 is 2.41 bits per heavy atom. The van der Waals surface area contributed by atoms with Gasteiger partial charge in [-0.3, -0.25) is 19.8 Å². The van der Waals surface area contributed by atoms with Crippen LogP contribution in [0.25, 0.3) is 0 Å². The van der Waals surface area contributed by atoms with Crippen molar-refractivity contribution < 1.29 is 32.6 Å². The fraction of sp³-hybridized carbons (Fsp3) is 0.600. The lowest BCUT2D eigenvalue weighted by molar-refractivity contribution is -0.148. The first-order chi connectivity index (χ1) is 18.2. The molecule has 2 amide bonds. The van der Waals surface area contributed by atoms with Crippen LogP contribution in [0.2, 0.25) is 0 Å². The zero-order valence-electron chi connectivity index (χ0n) is 22.5. The third kappa shape index (κ3) is 7.90. The first-order valence-electron chi connectivity index (χ1n) is 12.8. The number of nitrogens with zero attached hydrogens (tertiary/aromatic N) is 3. The third-order valence-corrected chi connectivity index (χ3v) is 8.68. The van der Waals surface area contributed by atoms with Crippen LogP contribution in [0.5, 0.6) is 0 Å². The molecule has 13 nitrogen and oxygen atoms in total. The summed E-state index contributed by atoms with van der Waals surface area (Å²) in [5, 5.41) is 19.8. The minimum atomic E-state index is -4.28. The minimum Gasteiger partial charge on any atom is -0.480 e. The van der Waals surface area contributed by atoms with Crippen molar-refractivity contribution >= 4 is 33.8 Å². The number of nitrogens with one attached hydrogen (secondary N) is 2. The van der Waals surface area contributed by atoms with Gasteiger partial charge in [0.05, 0.1) is 24.0 Å². The number of carbonyl (C=O) groups excluding carboxylic acids is 2. The molecule has 1 aromatic rings. The summed E-state index contributed by atoms with van der Waals surface area (Å²) in [4.78, 5) is 41.4. The van der Waals surface area contributed by atoms with Gasteiger partial charge in [0.15, 0.2) is 5.96 Å². The Labute approximate surface area is 228 Å². The van der Waals surface area contributed by atoms with E-state index in [0.717, 1.165) is 9.21 Å². The lowest BCUT2D eigenvalue weighted by Crippen LogP contribution is -2.59. The molecule has 1 aliphatic heterocycles. The van der Waals surface area contributed by atoms with E-state index in [1.165, 1.54) is 12.1 Å². The molecule has 1 saturated carbocycles. The minimum absolute atomic E-state index is 0.0470. The third-order valence-electron chi connectivity index (χ3n) is 6.49. The number of guanidine groups is 1. The van der Waals surface area contributed by atoms with Gasteiger partial charge in [0, 0.05) is 31.2 Å². The predicted octanol–water partition coefficient (Wildman–Crippen LogP) is 0.0206. The molecule has 39 heavy (non-hydrogen) atoms. The fourth-order valence-corrected chi connectivity index (χ4v) is 6.57. The average Bonchev–Trinajstić information content (AvgIpc) is 3.70. The fourth-order valence-electron chi connectivity index (χ4n) is 4.62. The Morgan fingerprint density at radius 2 is 1.87 bits per heavy atom. The van der Waals surface area contributed by atoms with Gasteiger partial charge in [0.1, 0.15) is 12.6 Å². The van der Waals surface area contributed by atoms with Crippen LogP contribution in [0.15, 0.2) is 35.2 Å². The van der Waals surface area contributed by atoms with Crippen LogP contribution >= 0.6 is 0 Å². The van der Waals surface area contributed by atoms with Gasteiger partial charge in [-0.15, -0.1) is 0 Å². The highest BCUT2D eigenvalue weighted by molar-refractivity contribution is 7.89. The second-order valence-corrected chi connectivity index (χ2v) is 12.5. The van der Waals surface area contributed by atoms with Crippen molar-refractivity contribution in [3.8, 4) is 0 Å². The first kappa shape index (κ1) is 30.3. The quantitative estimate of drug-likeness (QED) is 0.212. The van der Waals surface area contributed by atoms with Gasteiger partial charge in [-0.25, -0.2) is 8.42 Å². The van der Waals surface area contributed by atoms with E-state index < -0.39 is 58.5 Å². The van der Waals surface area contributed by atoms with E-state index in [-0.39, 0.29) is 23.4 Å². The molecular formula is C25H38N6O7S. The highest BCUT2D eigenvalue weighted by atomic mass is 32.2. The Balaban J connectivity index is 1.91. The van der Waals surface area contributed by atoms with Crippen LogP contribution in [-0.2, 0) is 29.1 Å². The van der Waals surface area contributed by atoms with Crippen LogP contribution in [0.4, 0.5) is 0 Å². The van der Waals surface area contributed by atoms with Crippen molar-refractivity contribution in [1.29, 1.82) is 5.41 Å². The molecule has 0 spiro atoms. The molecular weight excluding hydrogens is 528 g/mol. The average molecular weight is 567 g/mol. The number of morpholine rings is 1. The molecule has 2 atom stereocenters. The largest absolute Gasteiger partial charge is 0.480 e. The van der Waals surface area contributed by atoms with E-state index in [0.29, 0.717) is 32.5 Å². The maximum Gasteiger partial charge on any atom is 0.323 e. The molecule has 1 aromatic carbocycles. The van der Waals surface area contributed by atoms with Gasteiger partial charge in [-0.05, 0) is 45.7 Å². The zero-order chi connectivity index (χ0) is 29.0. The summed E-state index contributed by atoms with van der Waals surface area (Å²) < 4.78 is 34.4. The monoisotopic (exact) mass is 566 g/mol. The lowest BCUT2D eigenvalue weighted by Gasteiger charge is -2.41. The number of amides is 2. The summed E-state index contributed by atoms with van der Waals surface area (Å²) in [7, 11) is -4.28. The first-order valence-corrected chi connectivity index (χ1v) is 14.2. The van der Waals surface area contributed by atoms with E-state index in [1.54, 1.807) is 43.9 Å². The van der Waals surface area contributed by atoms with E-state index in [4.69, 9.17) is 15.9 Å². The van der Waals surface area contributed by atoms with Crippen LogP contribution in [0.3, 0.4) is 0 Å². The van der Waals surface area contributed by atoms with E-state index >= 15 is 0 Å². The summed E-state index contributed by atoms with van der Waals surface area (Å²) in [5.74, 6) is -2.66. The zero-order valence-corrected chi connectivity index (χ0v) is 23.3. The smallest absolute Gasteiger partial charge is 0.323 e. The van der Waals surface area contributed by atoms with Crippen LogP contribution in [-0.4, -0.2) is 108 Å². The summed E-state index contributed by atoms with van der Waals surface area (Å²) in [5.41, 5.74) is 4.42. The Hall–Kier alpha value is -3.23. The molecule has 0 aromatic heterocycles. The molecule has 3 rings (SSSR count). The maximum absolute atomic E-state index is 13.9. The topological polar surface area (TPSA) is 186 Å². The number of carboxylic acid groups (broad SMARTS) is 1. The molecule has 2 fully saturated rings. The van der Waals surface area contributed by atoms with Crippen LogP contribution in [0.1, 0.15) is 40.0 Å². The number of aliphatic carboxylic acids is 1. The summed E-state index contributed by atoms with van der Waals surface area (Å²) in [6.45, 7) is 5.40. The van der Waals surface area contributed by atoms with Crippen molar-refractivity contribution in [1.82, 2.24) is 19.4 Å². The number of benzene rings is 1. The van der Waals surface area contributed by atoms with E-state index in [1.807, 2.05) is 0 Å². The second-order valence-electron chi connectivity index (χ2n) is 10.7. The number of rotatable bonds is 11. The molecule has 0 bridgehead atoms. The predicted molar refractivity (Wildman–Crippen MR) is 142 cm³/mol. The highest BCUT2D eigenvalue weighted by Crippen LogP contribution is 2.33. The van der Waals surface area contributed by atoms with Crippen molar-refractivity contribution in [2.24, 2.45) is 5.73 Å². The van der Waals surface area contributed by atoms with Crippen molar-refractivity contribution in [2.45, 2.75) is 68.7 Å². The van der Waals surface area contributed by atoms with Crippen molar-refractivity contribution in [3.63, 3.8) is 0 Å². The van der Waals surface area contributed by atoms with Crippen LogP contribution in [0, 0.1) is 5.41 Å². The van der Waals surface area contributed by atoms with Gasteiger partial charge in [0.2, 0.25) is 21.8 Å². The number of carboxylic acids is 1. The normalized spacial score (nSPS) is 18.9.